The maximum atomic E-state index is 12.0. The average Bonchev–Trinajstić information content (AvgIpc) is 2.64. The lowest BCUT2D eigenvalue weighted by molar-refractivity contribution is -0.122. The molecule has 0 radical (unpaired) electrons. The Hall–Kier alpha value is -0.860. The molecule has 16 heavy (non-hydrogen) atoms. The second-order valence-electron chi connectivity index (χ2n) is 4.47. The summed E-state index contributed by atoms with van der Waals surface area (Å²) in [6.07, 6.45) is 3.46. The Bertz CT molecular complexity index is 391. The fourth-order valence-corrected chi connectivity index (χ4v) is 2.58. The zero-order chi connectivity index (χ0) is 11.5. The van der Waals surface area contributed by atoms with Crippen LogP contribution < -0.4 is 5.73 Å². The van der Waals surface area contributed by atoms with Crippen molar-refractivity contribution in [1.29, 1.82) is 0 Å². The number of Topliss-reactive ketones (excluding diaryl/α,β-unsaturated/α-hetero) is 1. The summed E-state index contributed by atoms with van der Waals surface area (Å²) in [5, 5.41) is 0.682. The monoisotopic (exact) mass is 237 g/mol. The van der Waals surface area contributed by atoms with Gasteiger partial charge in [0.25, 0.3) is 0 Å². The number of carbonyl (C=O) groups is 1. The highest BCUT2D eigenvalue weighted by Crippen LogP contribution is 2.26. The number of rotatable bonds is 3. The molecule has 0 heterocycles. The van der Waals surface area contributed by atoms with Crippen molar-refractivity contribution in [3.63, 3.8) is 0 Å². The molecule has 2 rings (SSSR count). The molecule has 1 fully saturated rings. The van der Waals surface area contributed by atoms with Gasteiger partial charge in [0.15, 0.2) is 0 Å². The molecule has 1 aliphatic carbocycles. The summed E-state index contributed by atoms with van der Waals surface area (Å²) in [6.45, 7) is 0. The molecule has 1 aromatic rings. The Balaban J connectivity index is 2.02. The first-order chi connectivity index (χ1) is 7.66. The largest absolute Gasteiger partial charge is 0.327 e. The van der Waals surface area contributed by atoms with Crippen LogP contribution in [0.25, 0.3) is 0 Å². The average molecular weight is 238 g/mol. The van der Waals surface area contributed by atoms with Crippen molar-refractivity contribution < 1.29 is 4.79 Å². The first-order valence-corrected chi connectivity index (χ1v) is 6.07. The van der Waals surface area contributed by atoms with E-state index < -0.39 is 0 Å². The molecule has 0 aromatic heterocycles. The summed E-state index contributed by atoms with van der Waals surface area (Å²) in [5.41, 5.74) is 6.90. The molecule has 2 nitrogen and oxygen atoms in total. The minimum Gasteiger partial charge on any atom is -0.327 e. The van der Waals surface area contributed by atoms with Crippen LogP contribution >= 0.6 is 11.6 Å². The van der Waals surface area contributed by atoms with Crippen molar-refractivity contribution in [1.82, 2.24) is 0 Å². The highest BCUT2D eigenvalue weighted by molar-refractivity contribution is 6.30. The molecule has 0 aliphatic heterocycles. The van der Waals surface area contributed by atoms with Crippen molar-refractivity contribution in [3.05, 3.63) is 34.9 Å². The number of benzene rings is 1. The van der Waals surface area contributed by atoms with Crippen molar-refractivity contribution in [3.8, 4) is 0 Å². The van der Waals surface area contributed by atoms with Crippen LogP contribution in [0.1, 0.15) is 24.8 Å². The van der Waals surface area contributed by atoms with E-state index in [1.54, 1.807) is 0 Å². The molecule has 86 valence electrons. The quantitative estimate of drug-likeness (QED) is 0.878. The van der Waals surface area contributed by atoms with Crippen LogP contribution in [0.15, 0.2) is 24.3 Å². The topological polar surface area (TPSA) is 43.1 Å². The molecular weight excluding hydrogens is 222 g/mol. The molecule has 3 heteroatoms. The van der Waals surface area contributed by atoms with Gasteiger partial charge in [-0.3, -0.25) is 4.79 Å². The molecule has 1 saturated carbocycles. The third-order valence-corrected chi connectivity index (χ3v) is 3.49. The van der Waals surface area contributed by atoms with Gasteiger partial charge in [0.05, 0.1) is 0 Å². The number of nitrogens with two attached hydrogens (primary N) is 1. The highest BCUT2D eigenvalue weighted by Gasteiger charge is 2.29. The van der Waals surface area contributed by atoms with Crippen molar-refractivity contribution in [2.45, 2.75) is 31.7 Å². The van der Waals surface area contributed by atoms with Crippen LogP contribution in [0.5, 0.6) is 0 Å². The molecule has 2 N–H and O–H groups in total. The minimum absolute atomic E-state index is 0.0546. The van der Waals surface area contributed by atoms with Crippen LogP contribution in [-0.4, -0.2) is 11.8 Å². The smallest absolute Gasteiger partial charge is 0.141 e. The van der Waals surface area contributed by atoms with Gasteiger partial charge in [-0.1, -0.05) is 30.2 Å². The van der Waals surface area contributed by atoms with Gasteiger partial charge < -0.3 is 5.73 Å². The lowest BCUT2D eigenvalue weighted by Crippen LogP contribution is -2.31. The minimum atomic E-state index is 0.0546. The molecular formula is C13H16ClNO. The number of ketones is 1. The third kappa shape index (κ3) is 2.63. The summed E-state index contributed by atoms with van der Waals surface area (Å²) in [7, 11) is 0. The summed E-state index contributed by atoms with van der Waals surface area (Å²) >= 11 is 5.88. The first kappa shape index (κ1) is 11.6. The summed E-state index contributed by atoms with van der Waals surface area (Å²) in [6, 6.07) is 7.53. The van der Waals surface area contributed by atoms with Gasteiger partial charge in [-0.25, -0.2) is 0 Å². The fourth-order valence-electron chi connectivity index (χ4n) is 2.37. The maximum absolute atomic E-state index is 12.0. The van der Waals surface area contributed by atoms with Crippen LogP contribution in [0.2, 0.25) is 5.02 Å². The Morgan fingerprint density at radius 3 is 2.88 bits per heavy atom. The van der Waals surface area contributed by atoms with E-state index in [0.717, 1.165) is 24.8 Å². The fraction of sp³-hybridized carbons (Fsp3) is 0.462. The zero-order valence-corrected chi connectivity index (χ0v) is 9.91. The normalized spacial score (nSPS) is 24.6. The van der Waals surface area contributed by atoms with Gasteiger partial charge >= 0.3 is 0 Å². The Labute approximate surface area is 101 Å². The lowest BCUT2D eigenvalue weighted by atomic mass is 9.94. The van der Waals surface area contributed by atoms with Crippen LogP contribution in [0.4, 0.5) is 0 Å². The molecule has 0 bridgehead atoms. The van der Waals surface area contributed by atoms with Gasteiger partial charge in [-0.05, 0) is 30.5 Å². The number of carbonyl (C=O) groups excluding carboxylic acids is 1. The summed E-state index contributed by atoms with van der Waals surface area (Å²) in [5.74, 6) is 0.311. The lowest BCUT2D eigenvalue weighted by Gasteiger charge is -2.13. The zero-order valence-electron chi connectivity index (χ0n) is 9.16. The maximum Gasteiger partial charge on any atom is 0.141 e. The first-order valence-electron chi connectivity index (χ1n) is 5.69. The van der Waals surface area contributed by atoms with Gasteiger partial charge in [-0.2, -0.15) is 0 Å². The summed E-state index contributed by atoms with van der Waals surface area (Å²) in [4.78, 5) is 12.0. The highest BCUT2D eigenvalue weighted by atomic mass is 35.5. The van der Waals surface area contributed by atoms with Crippen molar-refractivity contribution in [2.75, 3.05) is 0 Å². The van der Waals surface area contributed by atoms with Gasteiger partial charge in [0, 0.05) is 23.4 Å². The van der Waals surface area contributed by atoms with Gasteiger partial charge in [0.2, 0.25) is 0 Å². The molecule has 0 amide bonds. The van der Waals surface area contributed by atoms with Gasteiger partial charge in [-0.15, -0.1) is 0 Å². The third-order valence-electron chi connectivity index (χ3n) is 3.25. The molecule has 1 aromatic carbocycles. The van der Waals surface area contributed by atoms with Gasteiger partial charge in [0.1, 0.15) is 5.78 Å². The Morgan fingerprint density at radius 1 is 1.44 bits per heavy atom. The van der Waals surface area contributed by atoms with Crippen molar-refractivity contribution >= 4 is 17.4 Å². The van der Waals surface area contributed by atoms with Crippen LogP contribution in [0, 0.1) is 5.92 Å². The van der Waals surface area contributed by atoms with E-state index in [1.165, 1.54) is 0 Å². The molecule has 0 spiro atoms. The van der Waals surface area contributed by atoms with E-state index in [0.29, 0.717) is 11.4 Å². The van der Waals surface area contributed by atoms with Crippen LogP contribution in [-0.2, 0) is 11.2 Å². The number of halogens is 1. The summed E-state index contributed by atoms with van der Waals surface area (Å²) < 4.78 is 0. The van der Waals surface area contributed by atoms with Crippen molar-refractivity contribution in [2.24, 2.45) is 11.7 Å². The molecule has 0 saturated heterocycles. The van der Waals surface area contributed by atoms with E-state index in [4.69, 9.17) is 17.3 Å². The molecule has 1 aliphatic rings. The van der Waals surface area contributed by atoms with E-state index in [1.807, 2.05) is 24.3 Å². The van der Waals surface area contributed by atoms with E-state index in [2.05, 4.69) is 0 Å². The second-order valence-corrected chi connectivity index (χ2v) is 4.91. The predicted molar refractivity (Wildman–Crippen MR) is 65.5 cm³/mol. The standard InChI is InChI=1S/C13H16ClNO/c14-10-4-1-3-9(7-10)8-13(16)11-5-2-6-12(11)15/h1,3-4,7,11-12H,2,5-6,8,15H2. The van der Waals surface area contributed by atoms with Crippen LogP contribution in [0.3, 0.4) is 0 Å². The van der Waals surface area contributed by atoms with E-state index in [9.17, 15) is 4.79 Å². The molecule has 2 atom stereocenters. The second kappa shape index (κ2) is 4.98. The Kier molecular flexibility index (Phi) is 3.62. The molecule has 2 unspecified atom stereocenters. The Morgan fingerprint density at radius 2 is 2.25 bits per heavy atom. The number of hydrogen-bond donors (Lipinski definition) is 1. The predicted octanol–water partition coefficient (Wildman–Crippen LogP) is 2.58. The van der Waals surface area contributed by atoms with E-state index in [-0.39, 0.29) is 17.7 Å². The van der Waals surface area contributed by atoms with E-state index >= 15 is 0 Å². The SMILES string of the molecule is NC1CCCC1C(=O)Cc1cccc(Cl)c1. The number of hydrogen-bond acceptors (Lipinski definition) is 2.